The fourth-order valence-corrected chi connectivity index (χ4v) is 1.76. The minimum atomic E-state index is -1.84. The number of hydrogen-bond donors (Lipinski definition) is 5. The van der Waals surface area contributed by atoms with Crippen LogP contribution in [0.4, 0.5) is 0 Å². The lowest BCUT2D eigenvalue weighted by Gasteiger charge is -2.24. The molecule has 0 spiro atoms. The van der Waals surface area contributed by atoms with E-state index in [1.165, 1.54) is 0 Å². The molecule has 0 saturated carbocycles. The maximum atomic E-state index is 11.5. The number of carbonyl (C=O) groups excluding carboxylic acids is 2. The molecule has 5 N–H and O–H groups in total. The Balaban J connectivity index is 2.35. The molecule has 1 rings (SSSR count). The van der Waals surface area contributed by atoms with Crippen molar-refractivity contribution >= 4 is 12.3 Å². The first kappa shape index (κ1) is 16.0. The van der Waals surface area contributed by atoms with E-state index in [2.05, 4.69) is 5.32 Å². The summed E-state index contributed by atoms with van der Waals surface area (Å²) in [6.07, 6.45) is -5.49. The summed E-state index contributed by atoms with van der Waals surface area (Å²) < 4.78 is 4.78. The van der Waals surface area contributed by atoms with Crippen molar-refractivity contribution in [1.29, 1.82) is 0 Å². The molecule has 1 heterocycles. The Morgan fingerprint density at radius 1 is 1.32 bits per heavy atom. The highest BCUT2D eigenvalue weighted by molar-refractivity contribution is 5.76. The largest absolute Gasteiger partial charge is 0.462 e. The van der Waals surface area contributed by atoms with E-state index in [9.17, 15) is 24.9 Å². The Kier molecular flexibility index (Phi) is 6.32. The summed E-state index contributed by atoms with van der Waals surface area (Å²) in [4.78, 5) is 21.7. The Bertz CT molecular complexity index is 305. The van der Waals surface area contributed by atoms with Gasteiger partial charge in [-0.25, -0.2) is 0 Å². The van der Waals surface area contributed by atoms with Crippen molar-refractivity contribution in [3.63, 3.8) is 0 Å². The fourth-order valence-electron chi connectivity index (χ4n) is 1.76. The van der Waals surface area contributed by atoms with Crippen LogP contribution in [-0.2, 0) is 14.3 Å². The van der Waals surface area contributed by atoms with E-state index in [-0.39, 0.29) is 6.29 Å². The standard InChI is InChI=1S/C11H19NO7/c13-4-7(14)9(16)10(17)8(15)5-19-11(18)6-2-1-3-12-6/h4,6-10,12,14-17H,1-3,5H2/t6-,7-,8+,9+,10-/m0/s1. The summed E-state index contributed by atoms with van der Waals surface area (Å²) in [5, 5.41) is 40.1. The lowest BCUT2D eigenvalue weighted by molar-refractivity contribution is -0.157. The first-order valence-electron chi connectivity index (χ1n) is 6.05. The van der Waals surface area contributed by atoms with E-state index >= 15 is 0 Å². The van der Waals surface area contributed by atoms with Gasteiger partial charge in [0.1, 0.15) is 37.1 Å². The zero-order valence-electron chi connectivity index (χ0n) is 10.3. The molecule has 8 heteroatoms. The number of carbonyl (C=O) groups is 2. The SMILES string of the molecule is O=C[C@H](O)[C@@H](O)[C@@H](O)[C@H](O)COC(=O)[C@@H]1CCCN1. The molecule has 0 unspecified atom stereocenters. The lowest BCUT2D eigenvalue weighted by atomic mass is 10.0. The monoisotopic (exact) mass is 277 g/mol. The van der Waals surface area contributed by atoms with Gasteiger partial charge in [-0.15, -0.1) is 0 Å². The highest BCUT2D eigenvalue weighted by Gasteiger charge is 2.32. The maximum Gasteiger partial charge on any atom is 0.323 e. The average molecular weight is 277 g/mol. The molecule has 1 aliphatic rings. The molecule has 8 nitrogen and oxygen atoms in total. The molecular formula is C11H19NO7. The molecule has 19 heavy (non-hydrogen) atoms. The third kappa shape index (κ3) is 4.51. The van der Waals surface area contributed by atoms with E-state index in [1.807, 2.05) is 0 Å². The summed E-state index contributed by atoms with van der Waals surface area (Å²) in [6, 6.07) is -0.421. The summed E-state index contributed by atoms with van der Waals surface area (Å²) in [6.45, 7) is 0.190. The van der Waals surface area contributed by atoms with Gasteiger partial charge in [-0.1, -0.05) is 0 Å². The number of ether oxygens (including phenoxy) is 1. The number of esters is 1. The van der Waals surface area contributed by atoms with Gasteiger partial charge in [0.2, 0.25) is 0 Å². The molecular weight excluding hydrogens is 258 g/mol. The molecule has 0 aliphatic carbocycles. The fraction of sp³-hybridized carbons (Fsp3) is 0.818. The minimum Gasteiger partial charge on any atom is -0.462 e. The predicted octanol–water partition coefficient (Wildman–Crippen LogP) is -3.08. The quantitative estimate of drug-likeness (QED) is 0.244. The van der Waals surface area contributed by atoms with E-state index < -0.39 is 43.0 Å². The van der Waals surface area contributed by atoms with E-state index in [0.29, 0.717) is 6.42 Å². The molecule has 0 aromatic heterocycles. The Morgan fingerprint density at radius 3 is 2.53 bits per heavy atom. The van der Waals surface area contributed by atoms with Crippen molar-refractivity contribution in [2.24, 2.45) is 0 Å². The van der Waals surface area contributed by atoms with Crippen LogP contribution in [-0.4, -0.2) is 76.3 Å². The molecule has 1 fully saturated rings. The van der Waals surface area contributed by atoms with Gasteiger partial charge >= 0.3 is 5.97 Å². The van der Waals surface area contributed by atoms with Gasteiger partial charge < -0.3 is 35.3 Å². The van der Waals surface area contributed by atoms with Gasteiger partial charge in [0.05, 0.1) is 0 Å². The zero-order valence-corrected chi connectivity index (χ0v) is 10.3. The second-order valence-electron chi connectivity index (χ2n) is 4.45. The number of nitrogens with one attached hydrogen (secondary N) is 1. The van der Waals surface area contributed by atoms with E-state index in [4.69, 9.17) is 9.84 Å². The maximum absolute atomic E-state index is 11.5. The first-order valence-corrected chi connectivity index (χ1v) is 6.05. The molecule has 1 aliphatic heterocycles. The summed E-state index contributed by atoms with van der Waals surface area (Å²) in [5.41, 5.74) is 0. The molecule has 0 radical (unpaired) electrons. The number of aldehydes is 1. The minimum absolute atomic E-state index is 0.0368. The topological polar surface area (TPSA) is 136 Å². The van der Waals surface area contributed by atoms with Crippen molar-refractivity contribution in [2.45, 2.75) is 43.3 Å². The van der Waals surface area contributed by atoms with Gasteiger partial charge in [0.15, 0.2) is 6.29 Å². The Morgan fingerprint density at radius 2 is 2.00 bits per heavy atom. The van der Waals surface area contributed by atoms with Gasteiger partial charge in [-0.2, -0.15) is 0 Å². The Labute approximate surface area is 110 Å². The zero-order chi connectivity index (χ0) is 14.4. The van der Waals surface area contributed by atoms with Gasteiger partial charge in [0, 0.05) is 0 Å². The molecule has 0 aromatic carbocycles. The first-order chi connectivity index (χ1) is 8.97. The molecule has 110 valence electrons. The number of aliphatic hydroxyl groups excluding tert-OH is 4. The van der Waals surface area contributed by atoms with Crippen molar-refractivity contribution in [3.8, 4) is 0 Å². The van der Waals surface area contributed by atoms with Gasteiger partial charge in [-0.05, 0) is 19.4 Å². The highest BCUT2D eigenvalue weighted by Crippen LogP contribution is 2.09. The summed E-state index contributed by atoms with van der Waals surface area (Å²) in [5.74, 6) is -0.547. The molecule has 0 amide bonds. The number of hydrogen-bond acceptors (Lipinski definition) is 8. The van der Waals surface area contributed by atoms with Gasteiger partial charge in [-0.3, -0.25) is 4.79 Å². The van der Waals surface area contributed by atoms with Crippen molar-refractivity contribution in [3.05, 3.63) is 0 Å². The van der Waals surface area contributed by atoms with Crippen LogP contribution in [0, 0.1) is 0 Å². The lowest BCUT2D eigenvalue weighted by Crippen LogP contribution is -2.47. The second kappa shape index (κ2) is 7.51. The van der Waals surface area contributed by atoms with Crippen LogP contribution in [0.1, 0.15) is 12.8 Å². The third-order valence-corrected chi connectivity index (χ3v) is 2.97. The normalized spacial score (nSPS) is 25.4. The molecule has 0 bridgehead atoms. The predicted molar refractivity (Wildman–Crippen MR) is 62.1 cm³/mol. The second-order valence-corrected chi connectivity index (χ2v) is 4.45. The number of aliphatic hydroxyl groups is 4. The van der Waals surface area contributed by atoms with Crippen LogP contribution in [0.5, 0.6) is 0 Å². The van der Waals surface area contributed by atoms with Crippen LogP contribution in [0.3, 0.4) is 0 Å². The number of rotatable bonds is 7. The van der Waals surface area contributed by atoms with Crippen molar-refractivity contribution in [2.75, 3.05) is 13.2 Å². The smallest absolute Gasteiger partial charge is 0.323 e. The van der Waals surface area contributed by atoms with Crippen LogP contribution < -0.4 is 5.32 Å². The van der Waals surface area contributed by atoms with Gasteiger partial charge in [0.25, 0.3) is 0 Å². The van der Waals surface area contributed by atoms with Crippen LogP contribution in [0.25, 0.3) is 0 Å². The molecule has 0 aromatic rings. The average Bonchev–Trinajstić information content (AvgIpc) is 2.95. The molecule has 5 atom stereocenters. The van der Waals surface area contributed by atoms with Crippen LogP contribution in [0.2, 0.25) is 0 Å². The molecule has 1 saturated heterocycles. The van der Waals surface area contributed by atoms with Crippen LogP contribution in [0.15, 0.2) is 0 Å². The van der Waals surface area contributed by atoms with E-state index in [1.54, 1.807) is 0 Å². The summed E-state index contributed by atoms with van der Waals surface area (Å²) >= 11 is 0. The van der Waals surface area contributed by atoms with Crippen molar-refractivity contribution in [1.82, 2.24) is 5.32 Å². The van der Waals surface area contributed by atoms with E-state index in [0.717, 1.165) is 13.0 Å². The third-order valence-electron chi connectivity index (χ3n) is 2.97. The summed E-state index contributed by atoms with van der Waals surface area (Å²) in [7, 11) is 0. The highest BCUT2D eigenvalue weighted by atomic mass is 16.5. The Hall–Kier alpha value is -1.06. The van der Waals surface area contributed by atoms with Crippen LogP contribution >= 0.6 is 0 Å². The van der Waals surface area contributed by atoms with Crippen molar-refractivity contribution < 1.29 is 34.8 Å².